The number of carboxylic acids is 1. The van der Waals surface area contributed by atoms with E-state index in [4.69, 9.17) is 9.84 Å². The summed E-state index contributed by atoms with van der Waals surface area (Å²) in [5, 5.41) is 8.92. The van der Waals surface area contributed by atoms with Crippen LogP contribution in [0.25, 0.3) is 11.0 Å². The Morgan fingerprint density at radius 2 is 2.25 bits per heavy atom. The number of hydrogen-bond acceptors (Lipinski definition) is 3. The van der Waals surface area contributed by atoms with Crippen LogP contribution in [0.5, 0.6) is 0 Å². The number of aliphatic carboxylic acids is 1. The van der Waals surface area contributed by atoms with Crippen LogP contribution in [0.3, 0.4) is 0 Å². The number of benzene rings is 1. The summed E-state index contributed by atoms with van der Waals surface area (Å²) in [5.41, 5.74) is 1.88. The van der Waals surface area contributed by atoms with Crippen LogP contribution >= 0.6 is 0 Å². The van der Waals surface area contributed by atoms with Crippen LogP contribution in [-0.4, -0.2) is 26.7 Å². The Morgan fingerprint density at radius 3 is 2.95 bits per heavy atom. The first-order valence-electron chi connectivity index (χ1n) is 6.97. The van der Waals surface area contributed by atoms with Gasteiger partial charge in [0.05, 0.1) is 23.6 Å². The average Bonchev–Trinajstić information content (AvgIpc) is 2.99. The SMILES string of the molecule is CC1CCC(c2nc3ccccc3n2CCC(=O)O)O1. The van der Waals surface area contributed by atoms with E-state index >= 15 is 0 Å². The van der Waals surface area contributed by atoms with Gasteiger partial charge in [0.25, 0.3) is 0 Å². The zero-order valence-electron chi connectivity index (χ0n) is 11.5. The second-order valence-electron chi connectivity index (χ2n) is 5.27. The molecule has 20 heavy (non-hydrogen) atoms. The monoisotopic (exact) mass is 274 g/mol. The predicted molar refractivity (Wildman–Crippen MR) is 74.5 cm³/mol. The molecular formula is C15H18N2O3. The van der Waals surface area contributed by atoms with Crippen molar-refractivity contribution in [1.29, 1.82) is 0 Å². The fourth-order valence-electron chi connectivity index (χ4n) is 2.77. The molecule has 0 radical (unpaired) electrons. The van der Waals surface area contributed by atoms with Crippen molar-refractivity contribution in [2.45, 2.75) is 44.9 Å². The maximum absolute atomic E-state index is 10.9. The molecule has 106 valence electrons. The minimum atomic E-state index is -0.797. The number of ether oxygens (including phenoxy) is 1. The fraction of sp³-hybridized carbons (Fsp3) is 0.467. The van der Waals surface area contributed by atoms with E-state index in [2.05, 4.69) is 11.9 Å². The zero-order chi connectivity index (χ0) is 14.1. The molecule has 0 spiro atoms. The Morgan fingerprint density at radius 1 is 1.45 bits per heavy atom. The van der Waals surface area contributed by atoms with Gasteiger partial charge < -0.3 is 14.4 Å². The lowest BCUT2D eigenvalue weighted by molar-refractivity contribution is -0.137. The number of carbonyl (C=O) groups is 1. The molecule has 2 aromatic rings. The van der Waals surface area contributed by atoms with Crippen molar-refractivity contribution in [3.8, 4) is 0 Å². The third-order valence-corrected chi connectivity index (χ3v) is 3.75. The highest BCUT2D eigenvalue weighted by Gasteiger charge is 2.28. The van der Waals surface area contributed by atoms with E-state index in [1.165, 1.54) is 0 Å². The number of imidazole rings is 1. The molecule has 2 unspecified atom stereocenters. The number of hydrogen-bond donors (Lipinski definition) is 1. The van der Waals surface area contributed by atoms with E-state index in [1.54, 1.807) is 0 Å². The molecule has 2 heterocycles. The first-order chi connectivity index (χ1) is 9.65. The Bertz CT molecular complexity index is 635. The van der Waals surface area contributed by atoms with Gasteiger partial charge >= 0.3 is 5.97 Å². The first kappa shape index (κ1) is 13.1. The summed E-state index contributed by atoms with van der Waals surface area (Å²) in [4.78, 5) is 15.5. The quantitative estimate of drug-likeness (QED) is 0.931. The summed E-state index contributed by atoms with van der Waals surface area (Å²) in [7, 11) is 0. The summed E-state index contributed by atoms with van der Waals surface area (Å²) < 4.78 is 7.89. The molecule has 0 amide bonds. The van der Waals surface area contributed by atoms with Gasteiger partial charge in [-0.05, 0) is 31.9 Å². The van der Waals surface area contributed by atoms with Crippen LogP contribution in [0.1, 0.15) is 38.1 Å². The molecule has 1 aromatic heterocycles. The summed E-state index contributed by atoms with van der Waals surface area (Å²) in [6, 6.07) is 7.82. The molecule has 5 nitrogen and oxygen atoms in total. The summed E-state index contributed by atoms with van der Waals surface area (Å²) >= 11 is 0. The van der Waals surface area contributed by atoms with Crippen molar-refractivity contribution < 1.29 is 14.6 Å². The molecule has 1 aromatic carbocycles. The van der Waals surface area contributed by atoms with Crippen LogP contribution < -0.4 is 0 Å². The summed E-state index contributed by atoms with van der Waals surface area (Å²) in [5.74, 6) is 0.0613. The van der Waals surface area contributed by atoms with Crippen molar-refractivity contribution in [3.05, 3.63) is 30.1 Å². The average molecular weight is 274 g/mol. The topological polar surface area (TPSA) is 64.4 Å². The Kier molecular flexibility index (Phi) is 3.44. The van der Waals surface area contributed by atoms with Crippen molar-refractivity contribution in [3.63, 3.8) is 0 Å². The van der Waals surface area contributed by atoms with Gasteiger partial charge in [0, 0.05) is 6.54 Å². The summed E-state index contributed by atoms with van der Waals surface area (Å²) in [6.45, 7) is 2.49. The fourth-order valence-corrected chi connectivity index (χ4v) is 2.77. The Balaban J connectivity index is 2.00. The van der Waals surface area contributed by atoms with Gasteiger partial charge in [0.2, 0.25) is 0 Å². The number of fused-ring (bicyclic) bond motifs is 1. The van der Waals surface area contributed by atoms with E-state index in [-0.39, 0.29) is 18.6 Å². The standard InChI is InChI=1S/C15H18N2O3/c1-10-6-7-13(20-10)15-16-11-4-2-3-5-12(11)17(15)9-8-14(18)19/h2-5,10,13H,6-9H2,1H3,(H,18,19). The van der Waals surface area contributed by atoms with Gasteiger partial charge in [0.1, 0.15) is 11.9 Å². The molecule has 1 aliphatic rings. The zero-order valence-corrected chi connectivity index (χ0v) is 11.5. The van der Waals surface area contributed by atoms with E-state index < -0.39 is 5.97 Å². The molecule has 5 heteroatoms. The normalized spacial score (nSPS) is 22.4. The number of para-hydroxylation sites is 2. The van der Waals surface area contributed by atoms with E-state index in [0.717, 1.165) is 29.7 Å². The molecule has 1 aliphatic heterocycles. The lowest BCUT2D eigenvalue weighted by Crippen LogP contribution is -2.12. The number of aryl methyl sites for hydroxylation is 1. The predicted octanol–water partition coefficient (Wildman–Crippen LogP) is 2.75. The minimum Gasteiger partial charge on any atom is -0.481 e. The molecule has 0 saturated carbocycles. The van der Waals surface area contributed by atoms with Crippen LogP contribution in [0.15, 0.2) is 24.3 Å². The van der Waals surface area contributed by atoms with Gasteiger partial charge in [-0.15, -0.1) is 0 Å². The molecule has 1 saturated heterocycles. The second kappa shape index (κ2) is 5.25. The molecule has 0 aliphatic carbocycles. The van der Waals surface area contributed by atoms with Gasteiger partial charge in [-0.2, -0.15) is 0 Å². The summed E-state index contributed by atoms with van der Waals surface area (Å²) in [6.07, 6.45) is 2.28. The number of nitrogens with zero attached hydrogens (tertiary/aromatic N) is 2. The largest absolute Gasteiger partial charge is 0.481 e. The lowest BCUT2D eigenvalue weighted by Gasteiger charge is -2.13. The molecule has 1 N–H and O–H groups in total. The smallest absolute Gasteiger partial charge is 0.305 e. The van der Waals surface area contributed by atoms with E-state index in [0.29, 0.717) is 6.54 Å². The third kappa shape index (κ3) is 2.41. The highest BCUT2D eigenvalue weighted by atomic mass is 16.5. The van der Waals surface area contributed by atoms with E-state index in [1.807, 2.05) is 28.8 Å². The van der Waals surface area contributed by atoms with Gasteiger partial charge in [-0.25, -0.2) is 4.98 Å². The van der Waals surface area contributed by atoms with Gasteiger partial charge in [-0.1, -0.05) is 12.1 Å². The van der Waals surface area contributed by atoms with Crippen LogP contribution in [-0.2, 0) is 16.1 Å². The maximum atomic E-state index is 10.9. The van der Waals surface area contributed by atoms with Crippen LogP contribution in [0.4, 0.5) is 0 Å². The second-order valence-corrected chi connectivity index (χ2v) is 5.27. The van der Waals surface area contributed by atoms with Crippen molar-refractivity contribution in [1.82, 2.24) is 9.55 Å². The lowest BCUT2D eigenvalue weighted by atomic mass is 10.2. The molecular weight excluding hydrogens is 256 g/mol. The third-order valence-electron chi connectivity index (χ3n) is 3.75. The van der Waals surface area contributed by atoms with Crippen LogP contribution in [0.2, 0.25) is 0 Å². The molecule has 0 bridgehead atoms. The van der Waals surface area contributed by atoms with E-state index in [9.17, 15) is 4.79 Å². The maximum Gasteiger partial charge on any atom is 0.305 e. The molecule has 3 rings (SSSR count). The highest BCUT2D eigenvalue weighted by molar-refractivity contribution is 5.76. The van der Waals surface area contributed by atoms with Crippen molar-refractivity contribution in [2.24, 2.45) is 0 Å². The minimum absolute atomic E-state index is 0.0220. The highest BCUT2D eigenvalue weighted by Crippen LogP contribution is 2.33. The first-order valence-corrected chi connectivity index (χ1v) is 6.97. The number of rotatable bonds is 4. The number of aromatic nitrogens is 2. The van der Waals surface area contributed by atoms with Crippen LogP contribution in [0, 0.1) is 0 Å². The molecule has 1 fully saturated rings. The van der Waals surface area contributed by atoms with Crippen molar-refractivity contribution >= 4 is 17.0 Å². The van der Waals surface area contributed by atoms with Gasteiger partial charge in [0.15, 0.2) is 0 Å². The van der Waals surface area contributed by atoms with Crippen molar-refractivity contribution in [2.75, 3.05) is 0 Å². The Labute approximate surface area is 117 Å². The van der Waals surface area contributed by atoms with Gasteiger partial charge in [-0.3, -0.25) is 4.79 Å². The Hall–Kier alpha value is -1.88. The molecule has 2 atom stereocenters. The number of carboxylic acid groups (broad SMARTS) is 1.